The van der Waals surface area contributed by atoms with Crippen LogP contribution in [0, 0.1) is 5.41 Å². The Morgan fingerprint density at radius 1 is 1.21 bits per heavy atom. The Morgan fingerprint density at radius 3 is 2.16 bits per heavy atom. The lowest BCUT2D eigenvalue weighted by molar-refractivity contribution is -0.123. The predicted octanol–water partition coefficient (Wildman–Crippen LogP) is 1.06. The number of hydrogen-bond acceptors (Lipinski definition) is 3. The van der Waals surface area contributed by atoms with Crippen molar-refractivity contribution in [2.24, 2.45) is 16.9 Å². The van der Waals surface area contributed by atoms with E-state index in [-0.39, 0.29) is 37.2 Å². The van der Waals surface area contributed by atoms with Gasteiger partial charge in [-0.25, -0.2) is 0 Å². The summed E-state index contributed by atoms with van der Waals surface area (Å²) in [6.45, 7) is 3.84. The Balaban J connectivity index is 0.00000324. The number of carbonyl (C=O) groups is 2. The van der Waals surface area contributed by atoms with E-state index in [1.807, 2.05) is 0 Å². The van der Waals surface area contributed by atoms with Crippen LogP contribution in [0.1, 0.15) is 19.4 Å². The van der Waals surface area contributed by atoms with Gasteiger partial charge in [-0.3, -0.25) is 9.59 Å². The summed E-state index contributed by atoms with van der Waals surface area (Å²) in [4.78, 5) is 22.6. The standard InChI is InChI=1S/C13H19N3O2.ClH/c1-13(2,8-14)12(18)16-10-5-3-9(4-6-10)7-11(15)17;/h3-6H,7-8,14H2,1-2H3,(H2,15,17)(H,16,18);1H. The van der Waals surface area contributed by atoms with Crippen molar-refractivity contribution in [2.75, 3.05) is 11.9 Å². The number of primary amides is 1. The Bertz CT molecular complexity index is 444. The van der Waals surface area contributed by atoms with Crippen molar-refractivity contribution in [1.29, 1.82) is 0 Å². The highest BCUT2D eigenvalue weighted by molar-refractivity contribution is 5.95. The summed E-state index contributed by atoms with van der Waals surface area (Å²) in [5, 5.41) is 2.78. The maximum atomic E-state index is 11.9. The molecule has 0 spiro atoms. The van der Waals surface area contributed by atoms with Crippen molar-refractivity contribution in [2.45, 2.75) is 20.3 Å². The maximum absolute atomic E-state index is 11.9. The van der Waals surface area contributed by atoms with Gasteiger partial charge in [-0.2, -0.15) is 0 Å². The van der Waals surface area contributed by atoms with Gasteiger partial charge in [-0.05, 0) is 31.5 Å². The summed E-state index contributed by atoms with van der Waals surface area (Å²) < 4.78 is 0. The van der Waals surface area contributed by atoms with Crippen LogP contribution < -0.4 is 16.8 Å². The molecule has 0 aromatic heterocycles. The molecule has 0 fully saturated rings. The first kappa shape index (κ1) is 17.4. The summed E-state index contributed by atoms with van der Waals surface area (Å²) in [5.74, 6) is -0.510. The summed E-state index contributed by atoms with van der Waals surface area (Å²) in [7, 11) is 0. The van der Waals surface area contributed by atoms with Crippen LogP contribution in [-0.2, 0) is 16.0 Å². The van der Waals surface area contributed by atoms with E-state index in [0.717, 1.165) is 5.56 Å². The maximum Gasteiger partial charge on any atom is 0.231 e. The lowest BCUT2D eigenvalue weighted by Gasteiger charge is -2.21. The average Bonchev–Trinajstić information content (AvgIpc) is 2.31. The molecule has 1 aromatic rings. The second-order valence-corrected chi connectivity index (χ2v) is 4.88. The van der Waals surface area contributed by atoms with Crippen LogP contribution >= 0.6 is 12.4 Å². The molecule has 5 nitrogen and oxygen atoms in total. The zero-order chi connectivity index (χ0) is 13.8. The highest BCUT2D eigenvalue weighted by atomic mass is 35.5. The van der Waals surface area contributed by atoms with Crippen molar-refractivity contribution in [1.82, 2.24) is 0 Å². The number of carbonyl (C=O) groups excluding carboxylic acids is 2. The van der Waals surface area contributed by atoms with Gasteiger partial charge in [0.25, 0.3) is 0 Å². The molecule has 2 amide bonds. The second-order valence-electron chi connectivity index (χ2n) is 4.88. The molecule has 5 N–H and O–H groups in total. The number of nitrogens with two attached hydrogens (primary N) is 2. The largest absolute Gasteiger partial charge is 0.369 e. The van der Waals surface area contributed by atoms with Gasteiger partial charge in [-0.15, -0.1) is 12.4 Å². The normalized spacial score (nSPS) is 10.5. The van der Waals surface area contributed by atoms with Crippen LogP contribution in [0.5, 0.6) is 0 Å². The van der Waals surface area contributed by atoms with Gasteiger partial charge in [0.2, 0.25) is 11.8 Å². The number of hydrogen-bond donors (Lipinski definition) is 3. The number of amides is 2. The Hall–Kier alpha value is -1.59. The summed E-state index contributed by atoms with van der Waals surface area (Å²) in [5.41, 5.74) is 11.5. The quantitative estimate of drug-likeness (QED) is 0.754. The molecule has 0 bridgehead atoms. The summed E-state index contributed by atoms with van der Waals surface area (Å²) in [6.07, 6.45) is 0.197. The monoisotopic (exact) mass is 285 g/mol. The van der Waals surface area contributed by atoms with Gasteiger partial charge < -0.3 is 16.8 Å². The Labute approximate surface area is 119 Å². The van der Waals surface area contributed by atoms with Crippen LogP contribution in [0.2, 0.25) is 0 Å². The van der Waals surface area contributed by atoms with E-state index in [2.05, 4.69) is 5.32 Å². The van der Waals surface area contributed by atoms with Crippen molar-refractivity contribution < 1.29 is 9.59 Å². The van der Waals surface area contributed by atoms with Crippen LogP contribution in [-0.4, -0.2) is 18.4 Å². The third-order valence-corrected chi connectivity index (χ3v) is 2.72. The first-order valence-electron chi connectivity index (χ1n) is 5.74. The lowest BCUT2D eigenvalue weighted by Crippen LogP contribution is -2.37. The highest BCUT2D eigenvalue weighted by Crippen LogP contribution is 2.17. The van der Waals surface area contributed by atoms with Gasteiger partial charge in [0.1, 0.15) is 0 Å². The van der Waals surface area contributed by atoms with Crippen molar-refractivity contribution >= 4 is 29.9 Å². The van der Waals surface area contributed by atoms with Crippen molar-refractivity contribution in [3.8, 4) is 0 Å². The molecule has 106 valence electrons. The van der Waals surface area contributed by atoms with Gasteiger partial charge in [0, 0.05) is 12.2 Å². The molecule has 1 rings (SSSR count). The van der Waals surface area contributed by atoms with Crippen LogP contribution in [0.15, 0.2) is 24.3 Å². The highest BCUT2D eigenvalue weighted by Gasteiger charge is 2.25. The zero-order valence-electron chi connectivity index (χ0n) is 11.1. The first-order chi connectivity index (χ1) is 8.35. The minimum Gasteiger partial charge on any atom is -0.369 e. The molecule has 0 heterocycles. The Morgan fingerprint density at radius 2 is 1.74 bits per heavy atom. The number of benzene rings is 1. The van der Waals surface area contributed by atoms with Gasteiger partial charge in [0.15, 0.2) is 0 Å². The van der Waals surface area contributed by atoms with Crippen LogP contribution in [0.4, 0.5) is 5.69 Å². The molecular weight excluding hydrogens is 266 g/mol. The van der Waals surface area contributed by atoms with Gasteiger partial charge >= 0.3 is 0 Å². The molecule has 0 aliphatic rings. The molecule has 0 atom stereocenters. The molecule has 0 aliphatic heterocycles. The fourth-order valence-electron chi connectivity index (χ4n) is 1.30. The molecule has 0 aliphatic carbocycles. The molecule has 1 aromatic carbocycles. The van der Waals surface area contributed by atoms with Crippen LogP contribution in [0.3, 0.4) is 0 Å². The number of halogens is 1. The van der Waals surface area contributed by atoms with Gasteiger partial charge in [-0.1, -0.05) is 12.1 Å². The molecule has 0 unspecified atom stereocenters. The third kappa shape index (κ3) is 5.28. The van der Waals surface area contributed by atoms with E-state index in [4.69, 9.17) is 11.5 Å². The minimum absolute atomic E-state index is 0. The average molecular weight is 286 g/mol. The van der Waals surface area contributed by atoms with E-state index >= 15 is 0 Å². The first-order valence-corrected chi connectivity index (χ1v) is 5.74. The zero-order valence-corrected chi connectivity index (χ0v) is 11.9. The molecule has 6 heteroatoms. The fraction of sp³-hybridized carbons (Fsp3) is 0.385. The number of rotatable bonds is 5. The van der Waals surface area contributed by atoms with E-state index in [9.17, 15) is 9.59 Å². The molecule has 0 saturated carbocycles. The second kappa shape index (κ2) is 7.11. The SMILES string of the molecule is CC(C)(CN)C(=O)Nc1ccc(CC(N)=O)cc1.Cl. The molecule has 0 saturated heterocycles. The third-order valence-electron chi connectivity index (χ3n) is 2.72. The topological polar surface area (TPSA) is 98.2 Å². The fourth-order valence-corrected chi connectivity index (χ4v) is 1.30. The molecular formula is C13H20ClN3O2. The number of anilines is 1. The molecule has 19 heavy (non-hydrogen) atoms. The van der Waals surface area contributed by atoms with E-state index in [1.54, 1.807) is 38.1 Å². The van der Waals surface area contributed by atoms with Crippen molar-refractivity contribution in [3.63, 3.8) is 0 Å². The van der Waals surface area contributed by atoms with E-state index < -0.39 is 5.41 Å². The lowest BCUT2D eigenvalue weighted by atomic mass is 9.92. The van der Waals surface area contributed by atoms with Crippen molar-refractivity contribution in [3.05, 3.63) is 29.8 Å². The Kier molecular flexibility index (Phi) is 6.52. The number of nitrogens with one attached hydrogen (secondary N) is 1. The van der Waals surface area contributed by atoms with E-state index in [0.29, 0.717) is 5.69 Å². The summed E-state index contributed by atoms with van der Waals surface area (Å²) >= 11 is 0. The summed E-state index contributed by atoms with van der Waals surface area (Å²) in [6, 6.07) is 7.00. The van der Waals surface area contributed by atoms with Gasteiger partial charge in [0.05, 0.1) is 11.8 Å². The van der Waals surface area contributed by atoms with Crippen LogP contribution in [0.25, 0.3) is 0 Å². The smallest absolute Gasteiger partial charge is 0.231 e. The minimum atomic E-state index is -0.605. The van der Waals surface area contributed by atoms with E-state index in [1.165, 1.54) is 0 Å². The predicted molar refractivity (Wildman–Crippen MR) is 78.1 cm³/mol. The molecule has 0 radical (unpaired) electrons.